The lowest BCUT2D eigenvalue weighted by molar-refractivity contribution is 0.0779. The summed E-state index contributed by atoms with van der Waals surface area (Å²) in [5.41, 5.74) is 6.51. The van der Waals surface area contributed by atoms with Crippen molar-refractivity contribution >= 4 is 28.3 Å². The monoisotopic (exact) mass is 385 g/mol. The summed E-state index contributed by atoms with van der Waals surface area (Å²) in [7, 11) is -3.64. The second kappa shape index (κ2) is 7.86. The number of hydrogen-bond acceptors (Lipinski definition) is 4. The first-order valence-electron chi connectivity index (χ1n) is 8.18. The summed E-state index contributed by atoms with van der Waals surface area (Å²) in [6.45, 7) is 5.01. The molecule has 8 heteroatoms. The van der Waals surface area contributed by atoms with Gasteiger partial charge in [0.1, 0.15) is 0 Å². The topological polar surface area (TPSA) is 92.5 Å². The molecule has 1 aromatic carbocycles. The van der Waals surface area contributed by atoms with Crippen LogP contribution in [0, 0.1) is 11.8 Å². The molecule has 138 valence electrons. The Labute approximate surface area is 154 Å². The fourth-order valence-corrected chi connectivity index (χ4v) is 4.75. The first kappa shape index (κ1) is 19.9. The van der Waals surface area contributed by atoms with E-state index in [0.29, 0.717) is 30.5 Å². The van der Waals surface area contributed by atoms with E-state index in [1.54, 1.807) is 17.0 Å². The Bertz CT molecular complexity index is 753. The Balaban J connectivity index is 0.00000225. The third kappa shape index (κ3) is 4.06. The number of carbonyl (C=O) groups is 1. The molecule has 1 aliphatic heterocycles. The molecule has 3 N–H and O–H groups in total. The van der Waals surface area contributed by atoms with Crippen LogP contribution >= 0.6 is 12.4 Å². The number of nitrogens with one attached hydrogen (secondary N) is 1. The lowest BCUT2D eigenvalue weighted by Gasteiger charge is -2.19. The summed E-state index contributed by atoms with van der Waals surface area (Å²) in [5, 5.41) is 0. The van der Waals surface area contributed by atoms with Crippen LogP contribution in [-0.2, 0) is 10.0 Å². The van der Waals surface area contributed by atoms with E-state index >= 15 is 0 Å². The van der Waals surface area contributed by atoms with Gasteiger partial charge in [-0.15, -0.1) is 19.0 Å². The van der Waals surface area contributed by atoms with E-state index < -0.39 is 10.0 Å². The van der Waals surface area contributed by atoms with E-state index in [1.165, 1.54) is 18.2 Å². The van der Waals surface area contributed by atoms with Crippen molar-refractivity contribution in [3.05, 3.63) is 42.5 Å². The minimum absolute atomic E-state index is 0. The first-order chi connectivity index (χ1) is 11.4. The van der Waals surface area contributed by atoms with Gasteiger partial charge in [0, 0.05) is 31.2 Å². The molecular weight excluding hydrogens is 362 g/mol. The van der Waals surface area contributed by atoms with Crippen LogP contribution in [-0.4, -0.2) is 44.9 Å². The molecule has 1 saturated carbocycles. The highest BCUT2D eigenvalue weighted by atomic mass is 35.5. The van der Waals surface area contributed by atoms with Crippen molar-refractivity contribution < 1.29 is 13.2 Å². The Kier molecular flexibility index (Phi) is 6.26. The van der Waals surface area contributed by atoms with Crippen LogP contribution in [0.5, 0.6) is 0 Å². The van der Waals surface area contributed by atoms with Gasteiger partial charge < -0.3 is 10.6 Å². The summed E-state index contributed by atoms with van der Waals surface area (Å²) >= 11 is 0. The number of sulfonamides is 1. The molecule has 0 aromatic heterocycles. The standard InChI is InChI=1S/C17H23N3O3S.ClH/c1-2-8-19-24(22,23)14-5-3-4-12(9-14)17(21)20-10-13-6-7-16(18)15(13)11-20;/h2-5,9,13,15-16,19H,1,6-8,10-11,18H2;1H. The molecule has 1 saturated heterocycles. The van der Waals surface area contributed by atoms with Gasteiger partial charge in [-0.2, -0.15) is 0 Å². The Hall–Kier alpha value is -1.41. The van der Waals surface area contributed by atoms with Crippen molar-refractivity contribution in [2.24, 2.45) is 17.6 Å². The van der Waals surface area contributed by atoms with Crippen molar-refractivity contribution in [1.82, 2.24) is 9.62 Å². The maximum absolute atomic E-state index is 12.7. The molecule has 1 heterocycles. The fraction of sp³-hybridized carbons (Fsp3) is 0.471. The SMILES string of the molecule is C=CCNS(=O)(=O)c1cccc(C(=O)N2CC3CCC(N)C3C2)c1.Cl. The van der Waals surface area contributed by atoms with Gasteiger partial charge in [-0.1, -0.05) is 12.1 Å². The Morgan fingerprint density at radius 2 is 2.12 bits per heavy atom. The lowest BCUT2D eigenvalue weighted by Crippen LogP contribution is -2.33. The summed E-state index contributed by atoms with van der Waals surface area (Å²) in [6, 6.07) is 6.34. The van der Waals surface area contributed by atoms with Crippen LogP contribution in [0.25, 0.3) is 0 Å². The number of fused-ring (bicyclic) bond motifs is 1. The van der Waals surface area contributed by atoms with Gasteiger partial charge in [0.2, 0.25) is 10.0 Å². The third-order valence-corrected chi connectivity index (χ3v) is 6.43. The molecule has 1 aromatic rings. The molecule has 1 aliphatic carbocycles. The normalized spacial score (nSPS) is 25.3. The van der Waals surface area contributed by atoms with Gasteiger partial charge in [0.15, 0.2) is 0 Å². The third-order valence-electron chi connectivity index (χ3n) is 5.01. The predicted molar refractivity (Wildman–Crippen MR) is 99.2 cm³/mol. The summed E-state index contributed by atoms with van der Waals surface area (Å²) in [5.74, 6) is 0.720. The number of nitrogens with two attached hydrogens (primary N) is 1. The summed E-state index contributed by atoms with van der Waals surface area (Å²) in [6.07, 6.45) is 3.56. The van der Waals surface area contributed by atoms with Gasteiger partial charge >= 0.3 is 0 Å². The van der Waals surface area contributed by atoms with Crippen molar-refractivity contribution in [2.45, 2.75) is 23.8 Å². The second-order valence-electron chi connectivity index (χ2n) is 6.54. The zero-order valence-electron chi connectivity index (χ0n) is 13.9. The highest BCUT2D eigenvalue weighted by Gasteiger charge is 2.42. The van der Waals surface area contributed by atoms with E-state index in [1.807, 2.05) is 0 Å². The molecular formula is C17H24ClN3O3S. The van der Waals surface area contributed by atoms with Crippen molar-refractivity contribution in [3.8, 4) is 0 Å². The largest absolute Gasteiger partial charge is 0.338 e. The summed E-state index contributed by atoms with van der Waals surface area (Å²) in [4.78, 5) is 14.6. The molecule has 2 fully saturated rings. The van der Waals surface area contributed by atoms with Gasteiger partial charge in [-0.25, -0.2) is 13.1 Å². The molecule has 2 aliphatic rings. The van der Waals surface area contributed by atoms with E-state index in [-0.39, 0.29) is 35.8 Å². The maximum Gasteiger partial charge on any atom is 0.253 e. The smallest absolute Gasteiger partial charge is 0.253 e. The number of hydrogen-bond donors (Lipinski definition) is 2. The summed E-state index contributed by atoms with van der Waals surface area (Å²) < 4.78 is 26.8. The minimum atomic E-state index is -3.64. The molecule has 3 atom stereocenters. The Morgan fingerprint density at radius 3 is 2.80 bits per heavy atom. The van der Waals surface area contributed by atoms with Gasteiger partial charge in [0.25, 0.3) is 5.91 Å². The predicted octanol–water partition coefficient (Wildman–Crippen LogP) is 1.38. The quantitative estimate of drug-likeness (QED) is 0.749. The average molecular weight is 386 g/mol. The van der Waals surface area contributed by atoms with E-state index in [4.69, 9.17) is 5.73 Å². The first-order valence-corrected chi connectivity index (χ1v) is 9.66. The molecule has 3 unspecified atom stereocenters. The number of amides is 1. The highest BCUT2D eigenvalue weighted by molar-refractivity contribution is 7.89. The number of carbonyl (C=O) groups excluding carboxylic acids is 1. The van der Waals surface area contributed by atoms with Crippen LogP contribution in [0.3, 0.4) is 0 Å². The second-order valence-corrected chi connectivity index (χ2v) is 8.31. The molecule has 25 heavy (non-hydrogen) atoms. The molecule has 0 spiro atoms. The van der Waals surface area contributed by atoms with Gasteiger partial charge in [-0.05, 0) is 42.9 Å². The number of likely N-dealkylation sites (tertiary alicyclic amines) is 1. The number of benzene rings is 1. The van der Waals surface area contributed by atoms with Crippen LogP contribution in [0.15, 0.2) is 41.8 Å². The molecule has 6 nitrogen and oxygen atoms in total. The van der Waals surface area contributed by atoms with Crippen molar-refractivity contribution in [2.75, 3.05) is 19.6 Å². The molecule has 0 radical (unpaired) electrons. The molecule has 3 rings (SSSR count). The number of halogens is 1. The fourth-order valence-electron chi connectivity index (χ4n) is 3.70. The minimum Gasteiger partial charge on any atom is -0.338 e. The average Bonchev–Trinajstić information content (AvgIpc) is 3.15. The zero-order valence-corrected chi connectivity index (χ0v) is 15.6. The zero-order chi connectivity index (χ0) is 17.3. The number of rotatable bonds is 5. The van der Waals surface area contributed by atoms with Gasteiger partial charge in [-0.3, -0.25) is 4.79 Å². The van der Waals surface area contributed by atoms with Crippen LogP contribution in [0.2, 0.25) is 0 Å². The van der Waals surface area contributed by atoms with E-state index in [2.05, 4.69) is 11.3 Å². The van der Waals surface area contributed by atoms with E-state index in [9.17, 15) is 13.2 Å². The van der Waals surface area contributed by atoms with Crippen LogP contribution < -0.4 is 10.5 Å². The van der Waals surface area contributed by atoms with E-state index in [0.717, 1.165) is 12.8 Å². The van der Waals surface area contributed by atoms with Crippen molar-refractivity contribution in [1.29, 1.82) is 0 Å². The molecule has 0 bridgehead atoms. The van der Waals surface area contributed by atoms with Crippen LogP contribution in [0.4, 0.5) is 0 Å². The lowest BCUT2D eigenvalue weighted by atomic mass is 9.98. The maximum atomic E-state index is 12.7. The highest BCUT2D eigenvalue weighted by Crippen LogP contribution is 2.37. The molecule has 1 amide bonds. The Morgan fingerprint density at radius 1 is 1.36 bits per heavy atom. The van der Waals surface area contributed by atoms with Crippen molar-refractivity contribution in [3.63, 3.8) is 0 Å². The van der Waals surface area contributed by atoms with Crippen LogP contribution in [0.1, 0.15) is 23.2 Å². The number of nitrogens with zero attached hydrogens (tertiary/aromatic N) is 1. The van der Waals surface area contributed by atoms with Gasteiger partial charge in [0.05, 0.1) is 4.90 Å².